The Morgan fingerprint density at radius 3 is 1.41 bits per heavy atom. The predicted octanol–water partition coefficient (Wildman–Crippen LogP) is 14.1. The van der Waals surface area contributed by atoms with Crippen molar-refractivity contribution in [2.75, 3.05) is 40.9 Å². The van der Waals surface area contributed by atoms with Gasteiger partial charge in [0, 0.05) is 6.42 Å². The van der Waals surface area contributed by atoms with Crippen molar-refractivity contribution in [2.24, 2.45) is 0 Å². The zero-order valence-corrected chi connectivity index (χ0v) is 39.9. The fourth-order valence-electron chi connectivity index (χ4n) is 7.25. The summed E-state index contributed by atoms with van der Waals surface area (Å²) in [6, 6.07) is -0.759. The maximum atomic E-state index is 12.9. The molecule has 0 rings (SSSR count). The van der Waals surface area contributed by atoms with E-state index in [0.29, 0.717) is 23.9 Å². The number of nitrogens with zero attached hydrogens (tertiary/aromatic N) is 1. The number of unbranched alkanes of at least 4 members (excludes halogenated alkanes) is 28. The van der Waals surface area contributed by atoms with Crippen LogP contribution < -0.4 is 5.32 Å². The molecular formula is C49H98N2O6P+. The average molecular weight is 842 g/mol. The van der Waals surface area contributed by atoms with Crippen molar-refractivity contribution in [1.82, 2.24) is 5.32 Å². The number of likely N-dealkylation sites (N-methyl/N-ethyl adjacent to an activating group) is 1. The molecular weight excluding hydrogens is 744 g/mol. The van der Waals surface area contributed by atoms with E-state index < -0.39 is 20.0 Å². The molecule has 0 bridgehead atoms. The number of quaternary nitrogens is 1. The van der Waals surface area contributed by atoms with Gasteiger partial charge in [0.25, 0.3) is 0 Å². The first-order valence-corrected chi connectivity index (χ1v) is 26.2. The lowest BCUT2D eigenvalue weighted by atomic mass is 10.0. The molecule has 1 amide bonds. The van der Waals surface area contributed by atoms with E-state index in [-0.39, 0.29) is 19.1 Å². The molecule has 0 heterocycles. The van der Waals surface area contributed by atoms with E-state index in [1.165, 1.54) is 161 Å². The van der Waals surface area contributed by atoms with Crippen molar-refractivity contribution < 1.29 is 32.9 Å². The maximum absolute atomic E-state index is 12.9. The van der Waals surface area contributed by atoms with Crippen LogP contribution in [-0.4, -0.2) is 73.4 Å². The Bertz CT molecular complexity index is 1000. The topological polar surface area (TPSA) is 105 Å². The molecule has 0 aromatic carbocycles. The summed E-state index contributed by atoms with van der Waals surface area (Å²) in [4.78, 5) is 23.2. The van der Waals surface area contributed by atoms with Gasteiger partial charge in [0.15, 0.2) is 0 Å². The summed E-state index contributed by atoms with van der Waals surface area (Å²) >= 11 is 0. The summed E-state index contributed by atoms with van der Waals surface area (Å²) in [6.45, 7) is 4.88. The molecule has 0 saturated heterocycles. The molecule has 0 aromatic rings. The van der Waals surface area contributed by atoms with E-state index in [4.69, 9.17) is 9.05 Å². The number of carbonyl (C=O) groups excluding carboxylic acids is 1. The Hall–Kier alpha value is -1.02. The van der Waals surface area contributed by atoms with Gasteiger partial charge in [-0.3, -0.25) is 13.8 Å². The van der Waals surface area contributed by atoms with Gasteiger partial charge >= 0.3 is 7.82 Å². The summed E-state index contributed by atoms with van der Waals surface area (Å²) in [6.07, 6.45) is 49.2. The number of aliphatic hydroxyl groups is 1. The second-order valence-corrected chi connectivity index (χ2v) is 19.6. The fourth-order valence-corrected chi connectivity index (χ4v) is 7.99. The molecule has 0 fully saturated rings. The van der Waals surface area contributed by atoms with Crippen LogP contribution in [0.2, 0.25) is 0 Å². The quantitative estimate of drug-likeness (QED) is 0.0244. The number of nitrogens with one attached hydrogen (secondary N) is 1. The van der Waals surface area contributed by atoms with Gasteiger partial charge in [-0.1, -0.05) is 205 Å². The lowest BCUT2D eigenvalue weighted by Gasteiger charge is -2.26. The predicted molar refractivity (Wildman–Crippen MR) is 249 cm³/mol. The van der Waals surface area contributed by atoms with Gasteiger partial charge in [-0.15, -0.1) is 0 Å². The lowest BCUT2D eigenvalue weighted by Crippen LogP contribution is -2.46. The first-order valence-electron chi connectivity index (χ1n) is 24.7. The van der Waals surface area contributed by atoms with E-state index in [1.807, 2.05) is 21.1 Å². The van der Waals surface area contributed by atoms with Gasteiger partial charge in [0.2, 0.25) is 5.91 Å². The Labute approximate surface area is 360 Å². The van der Waals surface area contributed by atoms with E-state index in [9.17, 15) is 19.4 Å². The van der Waals surface area contributed by atoms with Crippen molar-refractivity contribution in [1.29, 1.82) is 0 Å². The van der Waals surface area contributed by atoms with Gasteiger partial charge in [-0.2, -0.15) is 0 Å². The highest BCUT2D eigenvalue weighted by atomic mass is 31.2. The van der Waals surface area contributed by atoms with Crippen molar-refractivity contribution in [3.05, 3.63) is 24.3 Å². The van der Waals surface area contributed by atoms with Crippen LogP contribution in [0.1, 0.15) is 232 Å². The molecule has 3 N–H and O–H groups in total. The SMILES string of the molecule is CCCCCCC/C=C\C/C=C\CCCCCCCCCCCCCC(=O)NC(COP(=O)(O)OCC[N+](C)(C)C)C(O)CCCCCCCCCCCCCCC. The molecule has 0 saturated carbocycles. The highest BCUT2D eigenvalue weighted by molar-refractivity contribution is 7.47. The minimum Gasteiger partial charge on any atom is -0.391 e. The maximum Gasteiger partial charge on any atom is 0.472 e. The van der Waals surface area contributed by atoms with Gasteiger partial charge in [-0.25, -0.2) is 4.57 Å². The van der Waals surface area contributed by atoms with Crippen molar-refractivity contribution >= 4 is 13.7 Å². The summed E-state index contributed by atoms with van der Waals surface area (Å²) < 4.78 is 23.7. The summed E-state index contributed by atoms with van der Waals surface area (Å²) in [5.74, 6) is -0.146. The van der Waals surface area contributed by atoms with Crippen molar-refractivity contribution in [2.45, 2.75) is 244 Å². The summed E-state index contributed by atoms with van der Waals surface area (Å²) in [5.41, 5.74) is 0. The Morgan fingerprint density at radius 1 is 0.586 bits per heavy atom. The van der Waals surface area contributed by atoms with E-state index in [0.717, 1.165) is 44.9 Å². The van der Waals surface area contributed by atoms with Crippen LogP contribution in [0.25, 0.3) is 0 Å². The number of allylic oxidation sites excluding steroid dienone is 4. The van der Waals surface area contributed by atoms with E-state index in [1.54, 1.807) is 0 Å². The Morgan fingerprint density at radius 2 is 0.983 bits per heavy atom. The second-order valence-electron chi connectivity index (χ2n) is 18.2. The monoisotopic (exact) mass is 842 g/mol. The number of hydrogen-bond acceptors (Lipinski definition) is 5. The molecule has 0 aliphatic carbocycles. The third kappa shape index (κ3) is 43.1. The van der Waals surface area contributed by atoms with E-state index >= 15 is 0 Å². The van der Waals surface area contributed by atoms with Gasteiger partial charge < -0.3 is 19.8 Å². The standard InChI is InChI=1S/C49H97N2O6P/c1-6-8-10-12-14-16-18-20-21-22-23-24-25-26-27-28-29-31-33-35-37-39-41-43-49(53)50-47(46-57-58(54,55)56-45-44-51(3,4)5)48(52)42-40-38-36-34-32-30-19-17-15-13-11-9-7-2/h18,20,22-23,47-48,52H,6-17,19,21,24-46H2,1-5H3,(H-,50,53,54,55)/p+1/b20-18-,23-22-. The summed E-state index contributed by atoms with van der Waals surface area (Å²) in [7, 11) is 1.62. The largest absolute Gasteiger partial charge is 0.472 e. The van der Waals surface area contributed by atoms with Crippen LogP contribution in [-0.2, 0) is 18.4 Å². The molecule has 9 heteroatoms. The number of phosphoric acid groups is 1. The molecule has 0 spiro atoms. The number of amides is 1. The number of rotatable bonds is 45. The van der Waals surface area contributed by atoms with Crippen molar-refractivity contribution in [3.63, 3.8) is 0 Å². The van der Waals surface area contributed by atoms with Crippen LogP contribution in [0, 0.1) is 0 Å². The molecule has 8 nitrogen and oxygen atoms in total. The summed E-state index contributed by atoms with van der Waals surface area (Å²) in [5, 5.41) is 14.0. The number of hydrogen-bond donors (Lipinski definition) is 3. The molecule has 344 valence electrons. The normalized spacial score (nSPS) is 14.4. The van der Waals surface area contributed by atoms with Crippen LogP contribution in [0.4, 0.5) is 0 Å². The van der Waals surface area contributed by atoms with Crippen LogP contribution in [0.5, 0.6) is 0 Å². The first kappa shape index (κ1) is 57.0. The molecule has 0 radical (unpaired) electrons. The average Bonchev–Trinajstić information content (AvgIpc) is 3.17. The Kier molecular flexibility index (Phi) is 40.6. The van der Waals surface area contributed by atoms with Crippen LogP contribution >= 0.6 is 7.82 Å². The highest BCUT2D eigenvalue weighted by Gasteiger charge is 2.28. The highest BCUT2D eigenvalue weighted by Crippen LogP contribution is 2.43. The lowest BCUT2D eigenvalue weighted by molar-refractivity contribution is -0.870. The zero-order valence-electron chi connectivity index (χ0n) is 39.0. The molecule has 0 aliphatic heterocycles. The zero-order chi connectivity index (χ0) is 42.8. The van der Waals surface area contributed by atoms with Crippen LogP contribution in [0.3, 0.4) is 0 Å². The van der Waals surface area contributed by atoms with Crippen molar-refractivity contribution in [3.8, 4) is 0 Å². The molecule has 3 unspecified atom stereocenters. The molecule has 3 atom stereocenters. The minimum atomic E-state index is -4.31. The smallest absolute Gasteiger partial charge is 0.391 e. The number of carbonyl (C=O) groups is 1. The molecule has 0 aliphatic rings. The van der Waals surface area contributed by atoms with E-state index in [2.05, 4.69) is 43.5 Å². The third-order valence-corrected chi connectivity index (χ3v) is 12.2. The fraction of sp³-hybridized carbons (Fsp3) is 0.898. The second kappa shape index (κ2) is 41.3. The van der Waals surface area contributed by atoms with Gasteiger partial charge in [0.1, 0.15) is 13.2 Å². The van der Waals surface area contributed by atoms with Crippen LogP contribution in [0.15, 0.2) is 24.3 Å². The Balaban J connectivity index is 4.22. The minimum absolute atomic E-state index is 0.0752. The first-order chi connectivity index (χ1) is 28.0. The van der Waals surface area contributed by atoms with Gasteiger partial charge in [-0.05, 0) is 44.9 Å². The molecule has 58 heavy (non-hydrogen) atoms. The van der Waals surface area contributed by atoms with Gasteiger partial charge in [0.05, 0.1) is 39.9 Å². The number of phosphoric ester groups is 1. The molecule has 0 aromatic heterocycles. The number of aliphatic hydroxyl groups excluding tert-OH is 1. The third-order valence-electron chi connectivity index (χ3n) is 11.2.